The second-order valence-corrected chi connectivity index (χ2v) is 15.9. The number of hydrogen-bond donors (Lipinski definition) is 4. The summed E-state index contributed by atoms with van der Waals surface area (Å²) in [6.45, 7) is 5.13. The van der Waals surface area contributed by atoms with Crippen LogP contribution < -0.4 is 20.7 Å². The van der Waals surface area contributed by atoms with Gasteiger partial charge in [-0.1, -0.05) is 24.3 Å². The number of fused-ring (bicyclic) bond motifs is 2. The predicted octanol–water partition coefficient (Wildman–Crippen LogP) is 1.76. The molecule has 0 aromatic heterocycles. The van der Waals surface area contributed by atoms with E-state index in [1.807, 2.05) is 0 Å². The number of benzene rings is 1. The summed E-state index contributed by atoms with van der Waals surface area (Å²) in [5.41, 5.74) is -2.08. The molecule has 1 aromatic carbocycles. The number of rotatable bonds is 7. The molecule has 272 valence electrons. The molecule has 4 aliphatic rings. The van der Waals surface area contributed by atoms with Crippen LogP contribution in [0.4, 0.5) is 15.3 Å². The maximum Gasteiger partial charge on any atom is 0.411 e. The number of hydrogen-bond acceptors (Lipinski definition) is 11. The average Bonchev–Trinajstić information content (AvgIpc) is 3.96. The van der Waals surface area contributed by atoms with E-state index in [-0.39, 0.29) is 50.3 Å². The summed E-state index contributed by atoms with van der Waals surface area (Å²) in [5.74, 6) is -2.88. The zero-order valence-corrected chi connectivity index (χ0v) is 29.0. The molecule has 0 spiro atoms. The molecule has 16 nitrogen and oxygen atoms in total. The molecular weight excluding hydrogens is 674 g/mol. The molecule has 0 radical (unpaired) electrons. The number of aldehydes is 1. The first kappa shape index (κ1) is 36.8. The standard InChI is InChI=1S/C33H43N5O11S/c1-32(2,3)49-31(44)35-25-11-7-15-47-14-6-9-21-17-33(21,29(42)37-50(45,46)23-12-13-23)36-27(40)26-16-22(18-38(26)28(25)41)48-30(43)34-24-10-5-4-8-20(24)19-39/h4-6,8-10,19,21-23,25-26H,7,11-18H2,1-3H3,(H,34,43)(H,35,44)(H,36,40)(H,37,42)/b9-6-/t21-,22-,25+,26+,33-/m1/s1. The van der Waals surface area contributed by atoms with E-state index in [1.165, 1.54) is 17.0 Å². The minimum absolute atomic E-state index is 0.100. The van der Waals surface area contributed by atoms with Crippen molar-refractivity contribution in [3.8, 4) is 0 Å². The van der Waals surface area contributed by atoms with Crippen molar-refractivity contribution >= 4 is 51.9 Å². The smallest absolute Gasteiger partial charge is 0.411 e. The second kappa shape index (κ2) is 14.8. The summed E-state index contributed by atoms with van der Waals surface area (Å²) in [6.07, 6.45) is 2.36. The number of para-hydroxylation sites is 1. The molecule has 50 heavy (non-hydrogen) atoms. The number of anilines is 1. The van der Waals surface area contributed by atoms with Gasteiger partial charge in [0.2, 0.25) is 21.8 Å². The van der Waals surface area contributed by atoms with Gasteiger partial charge in [0.15, 0.2) is 6.29 Å². The topological polar surface area (TPSA) is 216 Å². The molecule has 0 bridgehead atoms. The van der Waals surface area contributed by atoms with Gasteiger partial charge in [-0.05, 0) is 65.0 Å². The number of ether oxygens (including phenoxy) is 3. The van der Waals surface area contributed by atoms with E-state index in [1.54, 1.807) is 45.1 Å². The van der Waals surface area contributed by atoms with Crippen molar-refractivity contribution in [2.45, 2.75) is 93.9 Å². The molecule has 5 rings (SSSR count). The van der Waals surface area contributed by atoms with Crippen LogP contribution in [0.25, 0.3) is 0 Å². The van der Waals surface area contributed by atoms with Gasteiger partial charge in [-0.15, -0.1) is 0 Å². The molecular formula is C33H43N5O11S. The Kier molecular flexibility index (Phi) is 10.9. The molecule has 2 saturated carbocycles. The van der Waals surface area contributed by atoms with Crippen LogP contribution in [-0.2, 0) is 38.6 Å². The maximum absolute atomic E-state index is 14.2. The van der Waals surface area contributed by atoms with E-state index >= 15 is 0 Å². The molecule has 3 fully saturated rings. The van der Waals surface area contributed by atoms with Crippen molar-refractivity contribution in [3.63, 3.8) is 0 Å². The van der Waals surface area contributed by atoms with Gasteiger partial charge in [0.05, 0.1) is 24.1 Å². The fourth-order valence-electron chi connectivity index (χ4n) is 6.01. The average molecular weight is 718 g/mol. The van der Waals surface area contributed by atoms with Crippen molar-refractivity contribution in [1.82, 2.24) is 20.3 Å². The first-order chi connectivity index (χ1) is 23.6. The van der Waals surface area contributed by atoms with Crippen LogP contribution in [0.2, 0.25) is 0 Å². The van der Waals surface area contributed by atoms with Crippen molar-refractivity contribution in [2.24, 2.45) is 5.92 Å². The van der Waals surface area contributed by atoms with Crippen molar-refractivity contribution < 1.29 is 51.4 Å². The lowest BCUT2D eigenvalue weighted by molar-refractivity contribution is -0.141. The van der Waals surface area contributed by atoms with Gasteiger partial charge in [-0.25, -0.2) is 18.0 Å². The molecule has 5 amide bonds. The summed E-state index contributed by atoms with van der Waals surface area (Å²) >= 11 is 0. The zero-order valence-electron chi connectivity index (χ0n) is 28.1. The number of alkyl carbamates (subject to hydrolysis) is 1. The maximum atomic E-state index is 14.2. The second-order valence-electron chi connectivity index (χ2n) is 13.9. The lowest BCUT2D eigenvalue weighted by atomic mass is 10.1. The Morgan fingerprint density at radius 3 is 2.54 bits per heavy atom. The van der Waals surface area contributed by atoms with Crippen LogP contribution in [-0.4, -0.2) is 104 Å². The van der Waals surface area contributed by atoms with Gasteiger partial charge in [0.25, 0.3) is 5.91 Å². The molecule has 1 saturated heterocycles. The van der Waals surface area contributed by atoms with E-state index in [0.29, 0.717) is 25.5 Å². The van der Waals surface area contributed by atoms with E-state index < -0.39 is 80.4 Å². The third-order valence-electron chi connectivity index (χ3n) is 8.76. The van der Waals surface area contributed by atoms with E-state index in [0.717, 1.165) is 0 Å². The molecule has 5 atom stereocenters. The Hall–Kier alpha value is -4.51. The normalized spacial score (nSPS) is 27.9. The third kappa shape index (κ3) is 8.98. The summed E-state index contributed by atoms with van der Waals surface area (Å²) in [7, 11) is -3.94. The number of sulfonamides is 1. The minimum Gasteiger partial charge on any atom is -0.444 e. The first-order valence-electron chi connectivity index (χ1n) is 16.6. The van der Waals surface area contributed by atoms with Crippen molar-refractivity contribution in [2.75, 3.05) is 25.1 Å². The number of carbonyl (C=O) groups is 6. The Balaban J connectivity index is 1.41. The molecule has 2 heterocycles. The summed E-state index contributed by atoms with van der Waals surface area (Å²) in [4.78, 5) is 80.1. The van der Waals surface area contributed by atoms with E-state index in [4.69, 9.17) is 14.2 Å². The van der Waals surface area contributed by atoms with Crippen LogP contribution >= 0.6 is 0 Å². The fourth-order valence-corrected chi connectivity index (χ4v) is 7.38. The molecule has 17 heteroatoms. The van der Waals surface area contributed by atoms with Crippen LogP contribution in [0.15, 0.2) is 36.4 Å². The summed E-state index contributed by atoms with van der Waals surface area (Å²) in [5, 5.41) is 7.13. The zero-order chi connectivity index (χ0) is 36.3. The van der Waals surface area contributed by atoms with E-state index in [9.17, 15) is 37.2 Å². The number of nitrogens with zero attached hydrogens (tertiary/aromatic N) is 1. The Labute approximate surface area is 290 Å². The highest BCUT2D eigenvalue weighted by Crippen LogP contribution is 2.46. The fraction of sp³-hybridized carbons (Fsp3) is 0.576. The Morgan fingerprint density at radius 2 is 1.84 bits per heavy atom. The molecule has 1 aromatic rings. The summed E-state index contributed by atoms with van der Waals surface area (Å²) < 4.78 is 44.2. The van der Waals surface area contributed by atoms with Crippen molar-refractivity contribution in [1.29, 1.82) is 0 Å². The SMILES string of the molecule is CC(C)(C)OC(=O)N[C@H]1CCCOC/C=C\[C@@H]2C[C@@]2(C(=O)NS(=O)(=O)C2CC2)NC(=O)[C@@H]2C[C@@H](OC(=O)Nc3ccccc3C=O)CN2C1=O. The molecule has 0 unspecified atom stereocenters. The Morgan fingerprint density at radius 1 is 1.10 bits per heavy atom. The van der Waals surface area contributed by atoms with Gasteiger partial charge in [-0.2, -0.15) is 0 Å². The largest absolute Gasteiger partial charge is 0.444 e. The molecule has 4 N–H and O–H groups in total. The van der Waals surface area contributed by atoms with Gasteiger partial charge in [0.1, 0.15) is 29.3 Å². The number of carbonyl (C=O) groups excluding carboxylic acids is 6. The lowest BCUT2D eigenvalue weighted by Gasteiger charge is -2.30. The minimum atomic E-state index is -3.94. The highest BCUT2D eigenvalue weighted by Gasteiger charge is 2.62. The van der Waals surface area contributed by atoms with Crippen LogP contribution in [0.3, 0.4) is 0 Å². The van der Waals surface area contributed by atoms with Crippen molar-refractivity contribution in [3.05, 3.63) is 42.0 Å². The predicted molar refractivity (Wildman–Crippen MR) is 177 cm³/mol. The van der Waals surface area contributed by atoms with Gasteiger partial charge < -0.3 is 29.7 Å². The third-order valence-corrected chi connectivity index (χ3v) is 10.6. The molecule has 2 aliphatic carbocycles. The lowest BCUT2D eigenvalue weighted by Crippen LogP contribution is -2.58. The van der Waals surface area contributed by atoms with E-state index in [2.05, 4.69) is 20.7 Å². The van der Waals surface area contributed by atoms with Gasteiger partial charge >= 0.3 is 12.2 Å². The Bertz CT molecular complexity index is 1650. The monoisotopic (exact) mass is 717 g/mol. The number of nitrogens with one attached hydrogen (secondary N) is 4. The van der Waals surface area contributed by atoms with Gasteiger partial charge in [0, 0.05) is 24.5 Å². The quantitative estimate of drug-likeness (QED) is 0.236. The van der Waals surface area contributed by atoms with Gasteiger partial charge in [-0.3, -0.25) is 29.2 Å². The molecule has 2 aliphatic heterocycles. The van der Waals surface area contributed by atoms with Crippen LogP contribution in [0.1, 0.15) is 69.7 Å². The van der Waals surface area contributed by atoms with Crippen LogP contribution in [0.5, 0.6) is 0 Å². The van der Waals surface area contributed by atoms with Crippen LogP contribution in [0, 0.1) is 5.92 Å². The summed E-state index contributed by atoms with van der Waals surface area (Å²) in [6, 6.07) is 3.81. The first-order valence-corrected chi connectivity index (χ1v) is 18.1. The number of amides is 5. The highest BCUT2D eigenvalue weighted by atomic mass is 32.2. The highest BCUT2D eigenvalue weighted by molar-refractivity contribution is 7.91.